The first-order valence-electron chi connectivity index (χ1n) is 15.5. The average molecular weight is 575 g/mol. The molecule has 0 spiro atoms. The number of fused-ring (bicyclic) bond motifs is 1. The molecule has 1 fully saturated rings. The Morgan fingerprint density at radius 2 is 1.62 bits per heavy atom. The Morgan fingerprint density at radius 3 is 2.26 bits per heavy atom. The van der Waals surface area contributed by atoms with E-state index in [0.29, 0.717) is 37.2 Å². The van der Waals surface area contributed by atoms with E-state index < -0.39 is 5.60 Å². The van der Waals surface area contributed by atoms with Gasteiger partial charge in [-0.15, -0.1) is 0 Å². The summed E-state index contributed by atoms with van der Waals surface area (Å²) in [4.78, 5) is 14.0. The fourth-order valence-corrected chi connectivity index (χ4v) is 5.45. The quantitative estimate of drug-likeness (QED) is 0.308. The van der Waals surface area contributed by atoms with Crippen molar-refractivity contribution >= 4 is 11.8 Å². The minimum Gasteiger partial charge on any atom is -0.508 e. The van der Waals surface area contributed by atoms with E-state index in [2.05, 4.69) is 47.8 Å². The molecule has 6 heteroatoms. The number of hydrogen-bond acceptors (Lipinski definition) is 5. The first kappa shape index (κ1) is 32.8. The third kappa shape index (κ3) is 8.43. The molecule has 0 radical (unpaired) electrons. The summed E-state index contributed by atoms with van der Waals surface area (Å²) in [7, 11) is 1.70. The van der Waals surface area contributed by atoms with Crippen LogP contribution in [0.25, 0.3) is 0 Å². The van der Waals surface area contributed by atoms with Crippen molar-refractivity contribution in [2.45, 2.75) is 91.7 Å². The number of rotatable bonds is 6. The van der Waals surface area contributed by atoms with E-state index in [9.17, 15) is 9.90 Å². The molecule has 1 unspecified atom stereocenters. The molecule has 3 aromatic rings. The van der Waals surface area contributed by atoms with Crippen LogP contribution in [0, 0.1) is 0 Å². The van der Waals surface area contributed by atoms with Crippen LogP contribution in [0.2, 0.25) is 0 Å². The van der Waals surface area contributed by atoms with Crippen LogP contribution in [0.3, 0.4) is 0 Å². The minimum atomic E-state index is -0.467. The van der Waals surface area contributed by atoms with Crippen LogP contribution in [0.4, 0.5) is 10.5 Å². The van der Waals surface area contributed by atoms with Crippen LogP contribution >= 0.6 is 0 Å². The van der Waals surface area contributed by atoms with Gasteiger partial charge in [0.2, 0.25) is 0 Å². The lowest BCUT2D eigenvalue weighted by atomic mass is 9.79. The number of phenolic OH excluding ortho intramolecular Hbond substituents is 1. The van der Waals surface area contributed by atoms with Crippen LogP contribution < -0.4 is 10.1 Å². The maximum atomic E-state index is 12.2. The number of ether oxygens (including phenoxy) is 2. The van der Waals surface area contributed by atoms with Crippen LogP contribution in [-0.4, -0.2) is 41.9 Å². The third-order valence-corrected chi connectivity index (χ3v) is 7.59. The van der Waals surface area contributed by atoms with Gasteiger partial charge in [0.15, 0.2) is 0 Å². The van der Waals surface area contributed by atoms with Crippen molar-refractivity contribution in [2.24, 2.45) is 0 Å². The molecular weight excluding hydrogens is 524 g/mol. The molecule has 6 nitrogen and oxygen atoms in total. The van der Waals surface area contributed by atoms with Gasteiger partial charge >= 0.3 is 6.09 Å². The van der Waals surface area contributed by atoms with E-state index in [1.54, 1.807) is 18.1 Å². The number of benzene rings is 3. The Balaban J connectivity index is 0.00000116. The van der Waals surface area contributed by atoms with Crippen LogP contribution in [0.1, 0.15) is 94.5 Å². The molecule has 3 aromatic carbocycles. The number of methoxy groups -OCH3 is 1. The zero-order valence-electron chi connectivity index (χ0n) is 26.8. The van der Waals surface area contributed by atoms with Crippen molar-refractivity contribution in [2.75, 3.05) is 25.5 Å². The van der Waals surface area contributed by atoms with E-state index >= 15 is 0 Å². The number of likely N-dealkylation sites (tertiary alicyclic amines) is 1. The Labute approximate surface area is 253 Å². The second kappa shape index (κ2) is 15.0. The molecule has 1 aliphatic carbocycles. The van der Waals surface area contributed by atoms with E-state index in [1.807, 2.05) is 60.6 Å². The van der Waals surface area contributed by atoms with E-state index in [-0.39, 0.29) is 6.09 Å². The molecule has 1 saturated heterocycles. The highest BCUT2D eigenvalue weighted by molar-refractivity contribution is 5.69. The monoisotopic (exact) mass is 574 g/mol. The Morgan fingerprint density at radius 1 is 0.929 bits per heavy atom. The lowest BCUT2D eigenvalue weighted by molar-refractivity contribution is 0.00819. The summed E-state index contributed by atoms with van der Waals surface area (Å²) in [5.74, 6) is 1.95. The summed E-state index contributed by atoms with van der Waals surface area (Å²) >= 11 is 0. The van der Waals surface area contributed by atoms with Crippen molar-refractivity contribution in [1.29, 1.82) is 0 Å². The topological polar surface area (TPSA) is 71.0 Å². The number of carbonyl (C=O) groups is 1. The van der Waals surface area contributed by atoms with Crippen LogP contribution in [-0.2, 0) is 24.1 Å². The van der Waals surface area contributed by atoms with Gasteiger partial charge in [-0.3, -0.25) is 0 Å². The Kier molecular flexibility index (Phi) is 11.7. The number of hydrogen-bond donors (Lipinski definition) is 2. The molecule has 5 rings (SSSR count). The summed E-state index contributed by atoms with van der Waals surface area (Å²) < 4.78 is 11.0. The molecular formula is C36H50N2O4. The number of nitrogens with one attached hydrogen (secondary N) is 1. The zero-order chi connectivity index (χ0) is 30.9. The molecule has 2 aliphatic rings. The number of nitrogens with zero attached hydrogens (tertiary/aromatic N) is 1. The van der Waals surface area contributed by atoms with Gasteiger partial charge in [-0.1, -0.05) is 64.1 Å². The number of anilines is 1. The van der Waals surface area contributed by atoms with Gasteiger partial charge in [0.05, 0.1) is 7.11 Å². The van der Waals surface area contributed by atoms with Gasteiger partial charge < -0.3 is 24.8 Å². The van der Waals surface area contributed by atoms with Gasteiger partial charge in [0, 0.05) is 37.3 Å². The molecule has 0 bridgehead atoms. The highest BCUT2D eigenvalue weighted by atomic mass is 16.6. The fraction of sp³-hybridized carbons (Fsp3) is 0.472. The highest BCUT2D eigenvalue weighted by Gasteiger charge is 2.34. The van der Waals surface area contributed by atoms with Crippen molar-refractivity contribution < 1.29 is 19.4 Å². The number of phenols is 1. The summed E-state index contributed by atoms with van der Waals surface area (Å²) in [6.07, 6.45) is 2.75. The van der Waals surface area contributed by atoms with Gasteiger partial charge in [-0.2, -0.15) is 0 Å². The van der Waals surface area contributed by atoms with Crippen LogP contribution in [0.15, 0.2) is 60.7 Å². The summed E-state index contributed by atoms with van der Waals surface area (Å²) in [5, 5.41) is 13.5. The SMILES string of the molecule is CC.CC.COc1ccc(C2CCc3cc(O)ccc3C2)c(NCc2ccc(C3CN(C(=O)OC(C)(C)C)C3)cc2)c1. The predicted molar refractivity (Wildman–Crippen MR) is 173 cm³/mol. The molecule has 1 aliphatic heterocycles. The van der Waals surface area contributed by atoms with Crippen LogP contribution in [0.5, 0.6) is 11.5 Å². The fourth-order valence-electron chi connectivity index (χ4n) is 5.45. The van der Waals surface area contributed by atoms with Gasteiger partial charge in [-0.25, -0.2) is 4.79 Å². The molecule has 42 heavy (non-hydrogen) atoms. The summed E-state index contributed by atoms with van der Waals surface area (Å²) in [5.41, 5.74) is 6.97. The normalized spacial score (nSPS) is 16.0. The van der Waals surface area contributed by atoms with Gasteiger partial charge in [0.1, 0.15) is 17.1 Å². The lowest BCUT2D eigenvalue weighted by Gasteiger charge is -2.40. The molecule has 2 N–H and O–H groups in total. The number of amides is 1. The largest absolute Gasteiger partial charge is 0.508 e. The molecule has 0 saturated carbocycles. The third-order valence-electron chi connectivity index (χ3n) is 7.59. The maximum absolute atomic E-state index is 12.2. The predicted octanol–water partition coefficient (Wildman–Crippen LogP) is 8.67. The Hall–Kier alpha value is -3.67. The molecule has 228 valence electrons. The second-order valence-corrected chi connectivity index (χ2v) is 11.5. The maximum Gasteiger partial charge on any atom is 0.410 e. The standard InChI is InChI=1S/C32H38N2O4.2C2H6/c1-32(2,3)38-31(36)34-19-26(20-34)22-7-5-21(6-8-22)18-33-30-17-28(37-4)13-14-29(30)25-10-9-24-16-27(35)12-11-23(24)15-25;2*1-2/h5-8,11-14,16-17,25-26,33,35H,9-10,15,18-20H2,1-4H3;2*1-2H3. The number of carbonyl (C=O) groups excluding carboxylic acids is 1. The Bertz CT molecular complexity index is 1290. The molecule has 1 amide bonds. The smallest absolute Gasteiger partial charge is 0.410 e. The van der Waals surface area contributed by atoms with Crippen molar-refractivity contribution in [3.63, 3.8) is 0 Å². The van der Waals surface area contributed by atoms with Gasteiger partial charge in [-0.05, 0) is 92.0 Å². The molecule has 1 heterocycles. The summed E-state index contributed by atoms with van der Waals surface area (Å²) in [6.45, 7) is 15.8. The first-order valence-corrected chi connectivity index (χ1v) is 15.5. The average Bonchev–Trinajstić information content (AvgIpc) is 2.96. The van der Waals surface area contributed by atoms with Crippen molar-refractivity contribution in [3.8, 4) is 11.5 Å². The number of aryl methyl sites for hydroxylation is 1. The van der Waals surface area contributed by atoms with Gasteiger partial charge in [0.25, 0.3) is 0 Å². The number of aromatic hydroxyl groups is 1. The van der Waals surface area contributed by atoms with Crippen molar-refractivity contribution in [3.05, 3.63) is 88.5 Å². The second-order valence-electron chi connectivity index (χ2n) is 11.5. The zero-order valence-corrected chi connectivity index (χ0v) is 26.8. The minimum absolute atomic E-state index is 0.233. The van der Waals surface area contributed by atoms with E-state index in [0.717, 1.165) is 30.7 Å². The lowest BCUT2D eigenvalue weighted by Crippen LogP contribution is -2.50. The van der Waals surface area contributed by atoms with E-state index in [4.69, 9.17) is 9.47 Å². The first-order chi connectivity index (χ1) is 20.2. The molecule has 1 atom stereocenters. The van der Waals surface area contributed by atoms with E-state index in [1.165, 1.54) is 27.8 Å². The van der Waals surface area contributed by atoms with Crippen molar-refractivity contribution in [1.82, 2.24) is 4.90 Å². The molecule has 0 aromatic heterocycles. The highest BCUT2D eigenvalue weighted by Crippen LogP contribution is 2.38. The summed E-state index contributed by atoms with van der Waals surface area (Å²) in [6, 6.07) is 20.8.